The molecule has 0 spiro atoms. The second kappa shape index (κ2) is 3.15. The second-order valence-electron chi connectivity index (χ2n) is 3.79. The fraction of sp³-hybridized carbons (Fsp3) is 0.667. The van der Waals surface area contributed by atoms with E-state index in [2.05, 4.69) is 5.10 Å². The van der Waals surface area contributed by atoms with Gasteiger partial charge in [-0.3, -0.25) is 4.68 Å². The molecule has 0 unspecified atom stereocenters. The smallest absolute Gasteiger partial charge is 0.371 e. The van der Waals surface area contributed by atoms with Gasteiger partial charge in [-0.1, -0.05) is 0 Å². The predicted molar refractivity (Wildman–Crippen MR) is 49.8 cm³/mol. The Hall–Kier alpha value is -1.20. The molecule has 1 aromatic rings. The molecule has 0 radical (unpaired) electrons. The number of aromatic nitrogens is 2. The summed E-state index contributed by atoms with van der Waals surface area (Å²) >= 11 is 0. The number of aryl methyl sites for hydroxylation is 1. The summed E-state index contributed by atoms with van der Waals surface area (Å²) in [6, 6.07) is 0. The van der Waals surface area contributed by atoms with Crippen LogP contribution < -0.4 is 4.90 Å². The first kappa shape index (κ1) is 10.3. The van der Waals surface area contributed by atoms with Crippen LogP contribution in [0.2, 0.25) is 0 Å². The molecular formula is C9H12F3N3. The Bertz CT molecular complexity index is 381. The first-order valence-corrected chi connectivity index (χ1v) is 4.75. The predicted octanol–water partition coefficient (Wildman–Crippen LogP) is 1.82. The molecule has 15 heavy (non-hydrogen) atoms. The molecule has 1 aliphatic rings. The van der Waals surface area contributed by atoms with E-state index >= 15 is 0 Å². The van der Waals surface area contributed by atoms with Crippen LogP contribution >= 0.6 is 0 Å². The van der Waals surface area contributed by atoms with E-state index in [9.17, 15) is 13.2 Å². The maximum Gasteiger partial charge on any atom is 0.437 e. The Morgan fingerprint density at radius 2 is 1.93 bits per heavy atom. The van der Waals surface area contributed by atoms with Crippen LogP contribution in [-0.4, -0.2) is 23.4 Å². The zero-order chi connectivity index (χ0) is 11.2. The molecular weight excluding hydrogens is 207 g/mol. The minimum absolute atomic E-state index is 0.247. The van der Waals surface area contributed by atoms with E-state index in [0.29, 0.717) is 18.7 Å². The largest absolute Gasteiger partial charge is 0.437 e. The molecule has 0 N–H and O–H groups in total. The van der Waals surface area contributed by atoms with Crippen molar-refractivity contribution >= 4 is 5.69 Å². The van der Waals surface area contributed by atoms with E-state index in [1.54, 1.807) is 19.0 Å². The molecule has 0 aliphatic carbocycles. The molecule has 3 nitrogen and oxygen atoms in total. The van der Waals surface area contributed by atoms with Gasteiger partial charge in [0.05, 0.1) is 11.4 Å². The molecule has 0 fully saturated rings. The van der Waals surface area contributed by atoms with Crippen molar-refractivity contribution < 1.29 is 13.2 Å². The number of fused-ring (bicyclic) bond motifs is 1. The number of nitrogens with zero attached hydrogens (tertiary/aromatic N) is 3. The van der Waals surface area contributed by atoms with Crippen LogP contribution in [0.5, 0.6) is 0 Å². The quantitative estimate of drug-likeness (QED) is 0.663. The van der Waals surface area contributed by atoms with E-state index < -0.39 is 11.9 Å². The normalized spacial score (nSPS) is 16.7. The molecule has 0 atom stereocenters. The minimum Gasteiger partial charge on any atom is -0.371 e. The molecule has 0 aromatic carbocycles. The standard InChI is InChI=1S/C9H12F3N3/c1-14-5-3-4-6-7(14)8(9(10,11)12)13-15(6)2/h3-5H2,1-2H3. The van der Waals surface area contributed by atoms with Crippen LogP contribution in [0.15, 0.2) is 0 Å². The molecule has 2 heterocycles. The van der Waals surface area contributed by atoms with E-state index in [0.717, 1.165) is 6.42 Å². The van der Waals surface area contributed by atoms with Crippen LogP contribution in [0.3, 0.4) is 0 Å². The number of hydrogen-bond donors (Lipinski definition) is 0. The summed E-state index contributed by atoms with van der Waals surface area (Å²) < 4.78 is 39.3. The highest BCUT2D eigenvalue weighted by Crippen LogP contribution is 2.39. The number of rotatable bonds is 0. The number of halogens is 3. The lowest BCUT2D eigenvalue weighted by molar-refractivity contribution is -0.141. The van der Waals surface area contributed by atoms with Crippen molar-refractivity contribution in [1.29, 1.82) is 0 Å². The van der Waals surface area contributed by atoms with Gasteiger partial charge in [0.15, 0.2) is 5.69 Å². The number of alkyl halides is 3. The van der Waals surface area contributed by atoms with E-state index in [-0.39, 0.29) is 5.69 Å². The van der Waals surface area contributed by atoms with Crippen molar-refractivity contribution in [2.75, 3.05) is 18.5 Å². The molecule has 1 aromatic heterocycles. The van der Waals surface area contributed by atoms with Crippen LogP contribution in [0.4, 0.5) is 18.9 Å². The monoisotopic (exact) mass is 219 g/mol. The van der Waals surface area contributed by atoms with Gasteiger partial charge in [-0.15, -0.1) is 0 Å². The second-order valence-corrected chi connectivity index (χ2v) is 3.79. The Morgan fingerprint density at radius 1 is 1.27 bits per heavy atom. The van der Waals surface area contributed by atoms with Crippen molar-refractivity contribution in [3.63, 3.8) is 0 Å². The fourth-order valence-corrected chi connectivity index (χ4v) is 2.02. The maximum atomic E-state index is 12.7. The lowest BCUT2D eigenvalue weighted by atomic mass is 10.1. The average molecular weight is 219 g/mol. The van der Waals surface area contributed by atoms with Crippen molar-refractivity contribution in [3.8, 4) is 0 Å². The van der Waals surface area contributed by atoms with Crippen molar-refractivity contribution in [3.05, 3.63) is 11.4 Å². The lowest BCUT2D eigenvalue weighted by Gasteiger charge is -2.25. The highest BCUT2D eigenvalue weighted by molar-refractivity contribution is 5.57. The summed E-state index contributed by atoms with van der Waals surface area (Å²) in [5, 5.41) is 3.56. The third-order valence-electron chi connectivity index (χ3n) is 2.70. The Kier molecular flexibility index (Phi) is 2.17. The van der Waals surface area contributed by atoms with Gasteiger partial charge in [-0.25, -0.2) is 0 Å². The summed E-state index contributed by atoms with van der Waals surface area (Å²) in [6.07, 6.45) is -2.82. The number of hydrogen-bond acceptors (Lipinski definition) is 2. The zero-order valence-electron chi connectivity index (χ0n) is 8.60. The molecule has 84 valence electrons. The van der Waals surface area contributed by atoms with Gasteiger partial charge in [0.1, 0.15) is 0 Å². The third kappa shape index (κ3) is 1.57. The highest BCUT2D eigenvalue weighted by Gasteiger charge is 2.40. The summed E-state index contributed by atoms with van der Waals surface area (Å²) in [7, 11) is 3.24. The van der Waals surface area contributed by atoms with Gasteiger partial charge in [-0.2, -0.15) is 18.3 Å². The molecule has 0 saturated heterocycles. The van der Waals surface area contributed by atoms with Gasteiger partial charge < -0.3 is 4.90 Å². The zero-order valence-corrected chi connectivity index (χ0v) is 8.60. The SMILES string of the molecule is CN1CCCc2c1c(C(F)(F)F)nn2C. The minimum atomic E-state index is -4.36. The van der Waals surface area contributed by atoms with Crippen LogP contribution in [0.25, 0.3) is 0 Å². The molecule has 0 bridgehead atoms. The van der Waals surface area contributed by atoms with Gasteiger partial charge >= 0.3 is 6.18 Å². The van der Waals surface area contributed by atoms with Gasteiger partial charge in [0.2, 0.25) is 0 Å². The summed E-state index contributed by atoms with van der Waals surface area (Å²) in [4.78, 5) is 1.63. The van der Waals surface area contributed by atoms with E-state index in [4.69, 9.17) is 0 Å². The van der Waals surface area contributed by atoms with Crippen LogP contribution in [-0.2, 0) is 19.6 Å². The van der Waals surface area contributed by atoms with Crippen molar-refractivity contribution in [1.82, 2.24) is 9.78 Å². The molecule has 2 rings (SSSR count). The van der Waals surface area contributed by atoms with Crippen molar-refractivity contribution in [2.24, 2.45) is 7.05 Å². The summed E-state index contributed by atoms with van der Waals surface area (Å²) in [5.41, 5.74) is 0.162. The molecule has 1 aliphatic heterocycles. The van der Waals surface area contributed by atoms with Crippen molar-refractivity contribution in [2.45, 2.75) is 19.0 Å². The van der Waals surface area contributed by atoms with E-state index in [1.807, 2.05) is 0 Å². The molecule has 0 saturated carbocycles. The van der Waals surface area contributed by atoms with Gasteiger partial charge in [0.25, 0.3) is 0 Å². The first-order chi connectivity index (χ1) is 6.91. The maximum absolute atomic E-state index is 12.7. The highest BCUT2D eigenvalue weighted by atomic mass is 19.4. The Morgan fingerprint density at radius 3 is 2.53 bits per heavy atom. The van der Waals surface area contributed by atoms with Crippen LogP contribution in [0.1, 0.15) is 17.8 Å². The third-order valence-corrected chi connectivity index (χ3v) is 2.70. The fourth-order valence-electron chi connectivity index (χ4n) is 2.02. The Balaban J connectivity index is 2.58. The molecule has 0 amide bonds. The lowest BCUT2D eigenvalue weighted by Crippen LogP contribution is -2.26. The van der Waals surface area contributed by atoms with E-state index in [1.165, 1.54) is 4.68 Å². The Labute approximate surface area is 85.5 Å². The van der Waals surface area contributed by atoms with Gasteiger partial charge in [-0.05, 0) is 12.8 Å². The summed E-state index contributed by atoms with van der Waals surface area (Å²) in [5.74, 6) is 0. The van der Waals surface area contributed by atoms with Crippen LogP contribution in [0, 0.1) is 0 Å². The number of anilines is 1. The topological polar surface area (TPSA) is 21.1 Å². The first-order valence-electron chi connectivity index (χ1n) is 4.75. The van der Waals surface area contributed by atoms with Gasteiger partial charge in [0, 0.05) is 20.6 Å². The molecule has 6 heteroatoms. The summed E-state index contributed by atoms with van der Waals surface area (Å²) in [6.45, 7) is 0.655. The average Bonchev–Trinajstić information content (AvgIpc) is 2.45.